The Labute approximate surface area is 176 Å². The van der Waals surface area contributed by atoms with E-state index in [9.17, 15) is 4.79 Å². The van der Waals surface area contributed by atoms with Crippen LogP contribution in [-0.2, 0) is 4.79 Å². The third kappa shape index (κ3) is 10.8. The van der Waals surface area contributed by atoms with Crippen molar-refractivity contribution in [3.05, 3.63) is 11.1 Å². The lowest BCUT2D eigenvalue weighted by molar-refractivity contribution is -0.116. The highest BCUT2D eigenvalue weighted by Gasteiger charge is 2.31. The Balaban J connectivity index is 1.92. The fourth-order valence-electron chi connectivity index (χ4n) is 4.64. The molecule has 0 amide bonds. The third-order valence-electron chi connectivity index (χ3n) is 6.70. The smallest absolute Gasteiger partial charge is 0.158 e. The minimum Gasteiger partial charge on any atom is -0.309 e. The van der Waals surface area contributed by atoms with Crippen molar-refractivity contribution in [3.63, 3.8) is 0 Å². The van der Waals surface area contributed by atoms with E-state index in [-0.39, 0.29) is 5.41 Å². The van der Waals surface area contributed by atoms with Crippen molar-refractivity contribution in [2.24, 2.45) is 5.41 Å². The summed E-state index contributed by atoms with van der Waals surface area (Å²) in [4.78, 5) is 14.3. The molecule has 0 saturated heterocycles. The van der Waals surface area contributed by atoms with Gasteiger partial charge in [-0.2, -0.15) is 0 Å². The Morgan fingerprint density at radius 1 is 0.750 bits per heavy atom. The topological polar surface area (TPSA) is 20.3 Å². The molecule has 2 heteroatoms. The molecular formula is C26H49NO. The van der Waals surface area contributed by atoms with Crippen molar-refractivity contribution in [1.82, 2.24) is 4.90 Å². The van der Waals surface area contributed by atoms with Crippen molar-refractivity contribution >= 4 is 5.78 Å². The number of carbonyl (C=O) groups excluding carboxylic acids is 1. The summed E-state index contributed by atoms with van der Waals surface area (Å²) in [5.74, 6) is 0.392. The van der Waals surface area contributed by atoms with Crippen molar-refractivity contribution < 1.29 is 4.79 Å². The normalized spacial score (nSPS) is 17.0. The van der Waals surface area contributed by atoms with Crippen LogP contribution in [0, 0.1) is 5.41 Å². The number of Topliss-reactive ketones (excluding diaryl/α,β-unsaturated/α-hetero) is 1. The van der Waals surface area contributed by atoms with Gasteiger partial charge in [0.25, 0.3) is 0 Å². The molecule has 0 unspecified atom stereocenters. The molecule has 0 aromatic heterocycles. The van der Waals surface area contributed by atoms with Gasteiger partial charge in [-0.3, -0.25) is 4.79 Å². The fourth-order valence-corrected chi connectivity index (χ4v) is 4.64. The third-order valence-corrected chi connectivity index (χ3v) is 6.70. The van der Waals surface area contributed by atoms with Gasteiger partial charge < -0.3 is 4.90 Å². The van der Waals surface area contributed by atoms with Gasteiger partial charge in [0.05, 0.1) is 0 Å². The maximum Gasteiger partial charge on any atom is 0.158 e. The maximum absolute atomic E-state index is 12.0. The lowest BCUT2D eigenvalue weighted by Crippen LogP contribution is -2.25. The van der Waals surface area contributed by atoms with Gasteiger partial charge >= 0.3 is 0 Å². The van der Waals surface area contributed by atoms with E-state index in [2.05, 4.69) is 39.8 Å². The van der Waals surface area contributed by atoms with Crippen LogP contribution in [0.3, 0.4) is 0 Å². The zero-order chi connectivity index (χ0) is 20.8. The Morgan fingerprint density at radius 3 is 1.64 bits per heavy atom. The average Bonchev–Trinajstić information content (AvgIpc) is 2.64. The Bertz CT molecular complexity index is 461. The summed E-state index contributed by atoms with van der Waals surface area (Å²) in [6, 6.07) is 0. The summed E-state index contributed by atoms with van der Waals surface area (Å²) in [7, 11) is 4.33. The number of allylic oxidation sites excluding steroid dienone is 2. The van der Waals surface area contributed by atoms with Gasteiger partial charge in [-0.1, -0.05) is 90.0 Å². The highest BCUT2D eigenvalue weighted by Crippen LogP contribution is 2.41. The molecule has 28 heavy (non-hydrogen) atoms. The van der Waals surface area contributed by atoms with Crippen molar-refractivity contribution in [2.75, 3.05) is 20.6 Å². The SMILES string of the molecule is CC1=C(CCCCCCCCCCCCCCCN(C)C)C(C)(C)CCC1=O. The van der Waals surface area contributed by atoms with Crippen LogP contribution in [0.5, 0.6) is 0 Å². The molecule has 0 bridgehead atoms. The molecule has 0 aliphatic heterocycles. The Morgan fingerprint density at radius 2 is 1.18 bits per heavy atom. The zero-order valence-corrected chi connectivity index (χ0v) is 19.9. The second-order valence-electron chi connectivity index (χ2n) is 10.1. The zero-order valence-electron chi connectivity index (χ0n) is 19.9. The Kier molecular flexibility index (Phi) is 13.0. The van der Waals surface area contributed by atoms with E-state index in [1.165, 1.54) is 95.6 Å². The van der Waals surface area contributed by atoms with Crippen LogP contribution in [0.4, 0.5) is 0 Å². The summed E-state index contributed by atoms with van der Waals surface area (Å²) < 4.78 is 0. The molecule has 0 aromatic carbocycles. The molecule has 1 rings (SSSR count). The summed E-state index contributed by atoms with van der Waals surface area (Å²) in [6.07, 6.45) is 21.0. The van der Waals surface area contributed by atoms with E-state index in [0.717, 1.165) is 24.8 Å². The van der Waals surface area contributed by atoms with E-state index >= 15 is 0 Å². The number of ketones is 1. The molecule has 1 aliphatic rings. The first-order valence-corrected chi connectivity index (χ1v) is 12.2. The van der Waals surface area contributed by atoms with Gasteiger partial charge in [0, 0.05) is 6.42 Å². The summed E-state index contributed by atoms with van der Waals surface area (Å²) >= 11 is 0. The van der Waals surface area contributed by atoms with E-state index in [1.54, 1.807) is 0 Å². The molecule has 0 heterocycles. The van der Waals surface area contributed by atoms with Crippen LogP contribution in [0.15, 0.2) is 11.1 Å². The van der Waals surface area contributed by atoms with Crippen LogP contribution in [0.2, 0.25) is 0 Å². The average molecular weight is 392 g/mol. The lowest BCUT2D eigenvalue weighted by atomic mass is 9.70. The number of carbonyl (C=O) groups is 1. The van der Waals surface area contributed by atoms with Gasteiger partial charge in [0.1, 0.15) is 0 Å². The molecule has 0 spiro atoms. The molecule has 0 radical (unpaired) electrons. The van der Waals surface area contributed by atoms with Crippen LogP contribution < -0.4 is 0 Å². The maximum atomic E-state index is 12.0. The van der Waals surface area contributed by atoms with E-state index in [1.807, 2.05) is 0 Å². The van der Waals surface area contributed by atoms with Crippen LogP contribution in [0.1, 0.15) is 124 Å². The molecule has 0 saturated carbocycles. The predicted octanol–water partition coefficient (Wildman–Crippen LogP) is 7.72. The Hall–Kier alpha value is -0.630. The van der Waals surface area contributed by atoms with Gasteiger partial charge in [-0.25, -0.2) is 0 Å². The monoisotopic (exact) mass is 391 g/mol. The first-order valence-electron chi connectivity index (χ1n) is 12.2. The molecule has 0 atom stereocenters. The first-order chi connectivity index (χ1) is 13.3. The van der Waals surface area contributed by atoms with Crippen LogP contribution >= 0.6 is 0 Å². The van der Waals surface area contributed by atoms with E-state index in [0.29, 0.717) is 5.78 Å². The van der Waals surface area contributed by atoms with Crippen molar-refractivity contribution in [1.29, 1.82) is 0 Å². The predicted molar refractivity (Wildman–Crippen MR) is 124 cm³/mol. The van der Waals surface area contributed by atoms with Crippen molar-refractivity contribution in [3.8, 4) is 0 Å². The van der Waals surface area contributed by atoms with Crippen molar-refractivity contribution in [2.45, 2.75) is 124 Å². The quantitative estimate of drug-likeness (QED) is 0.251. The molecular weight excluding hydrogens is 342 g/mol. The fraction of sp³-hybridized carbons (Fsp3) is 0.885. The van der Waals surface area contributed by atoms with Gasteiger partial charge in [-0.05, 0) is 64.2 Å². The molecule has 164 valence electrons. The summed E-state index contributed by atoms with van der Waals surface area (Å²) in [6.45, 7) is 7.94. The molecule has 0 fully saturated rings. The van der Waals surface area contributed by atoms with Crippen LogP contribution in [-0.4, -0.2) is 31.3 Å². The van der Waals surface area contributed by atoms with E-state index < -0.39 is 0 Å². The molecule has 0 N–H and O–H groups in total. The second-order valence-corrected chi connectivity index (χ2v) is 10.1. The van der Waals surface area contributed by atoms with Gasteiger partial charge in [0.15, 0.2) is 5.78 Å². The van der Waals surface area contributed by atoms with Crippen LogP contribution in [0.25, 0.3) is 0 Å². The minimum absolute atomic E-state index is 0.240. The number of hydrogen-bond donors (Lipinski definition) is 0. The highest BCUT2D eigenvalue weighted by molar-refractivity contribution is 5.96. The largest absolute Gasteiger partial charge is 0.309 e. The lowest BCUT2D eigenvalue weighted by Gasteiger charge is -2.34. The number of nitrogens with zero attached hydrogens (tertiary/aromatic N) is 1. The minimum atomic E-state index is 0.240. The standard InChI is InChI=1S/C26H49NO/c1-23-24(26(2,3)21-20-25(23)28)19-17-15-13-11-9-7-6-8-10-12-14-16-18-22-27(4)5/h6-22H2,1-5H3. The van der Waals surface area contributed by atoms with Gasteiger partial charge in [0.2, 0.25) is 0 Å². The number of hydrogen-bond acceptors (Lipinski definition) is 2. The first kappa shape index (κ1) is 25.4. The summed E-state index contributed by atoms with van der Waals surface area (Å²) in [5, 5.41) is 0. The molecule has 1 aliphatic carbocycles. The summed E-state index contributed by atoms with van der Waals surface area (Å²) in [5.41, 5.74) is 2.77. The highest BCUT2D eigenvalue weighted by atomic mass is 16.1. The number of unbranched alkanes of at least 4 members (excludes halogenated alkanes) is 12. The second kappa shape index (κ2) is 14.4. The molecule has 0 aromatic rings. The van der Waals surface area contributed by atoms with Gasteiger partial charge in [-0.15, -0.1) is 0 Å². The molecule has 2 nitrogen and oxygen atoms in total. The van der Waals surface area contributed by atoms with E-state index in [4.69, 9.17) is 0 Å². The number of rotatable bonds is 16.